The molecule has 0 spiro atoms. The van der Waals surface area contributed by atoms with Crippen molar-refractivity contribution < 1.29 is 24.5 Å². The van der Waals surface area contributed by atoms with Crippen LogP contribution in [0.1, 0.15) is 19.4 Å². The van der Waals surface area contributed by atoms with Crippen LogP contribution in [0.4, 0.5) is 0 Å². The zero-order chi connectivity index (χ0) is 37.9. The average Bonchev–Trinajstić information content (AvgIpc) is 3.59. The van der Waals surface area contributed by atoms with Gasteiger partial charge in [0.25, 0.3) is 0 Å². The van der Waals surface area contributed by atoms with E-state index in [0.29, 0.717) is 5.92 Å². The molecule has 1 radical (unpaired) electrons. The van der Waals surface area contributed by atoms with Crippen molar-refractivity contribution in [1.82, 2.24) is 9.97 Å². The maximum Gasteiger partial charge on any atom is 0.121 e. The van der Waals surface area contributed by atoms with Gasteiger partial charge in [0.1, 0.15) is 5.58 Å². The number of benzene rings is 6. The maximum absolute atomic E-state index is 6.34. The van der Waals surface area contributed by atoms with Crippen LogP contribution in [0, 0.1) is 18.1 Å². The van der Waals surface area contributed by atoms with Crippen molar-refractivity contribution in [3.8, 4) is 44.8 Å². The van der Waals surface area contributed by atoms with Crippen LogP contribution in [-0.2, 0) is 26.5 Å². The Balaban J connectivity index is 0.000000170. The van der Waals surface area contributed by atoms with E-state index in [1.165, 1.54) is 27.4 Å². The maximum atomic E-state index is 6.34. The van der Waals surface area contributed by atoms with Gasteiger partial charge in [0.05, 0.1) is 13.7 Å². The van der Waals surface area contributed by atoms with E-state index < -0.39 is 8.07 Å². The first-order chi connectivity index (χ1) is 26.7. The van der Waals surface area contributed by atoms with E-state index in [0.717, 1.165) is 67.2 Å². The Morgan fingerprint density at radius 1 is 0.607 bits per heavy atom. The van der Waals surface area contributed by atoms with Gasteiger partial charge in [-0.2, -0.15) is 0 Å². The standard InChI is InChI=1S/C27H16NO.C24H28NSi.Ir/c1-2-7-18(8-3-1)20-13-14-22-23-11-6-12-24(27(23)29-26(22)16-20)25-15-19-9-4-5-10-21(19)17-28-25;1-18(2)15-22-16-23(25-17-24(22)26(3,4)5)21-13-11-20(12-14-21)19-9-7-6-8-10-19;/h1-11,13-17H;6-13,16-18H,15H2,1-5H3;/q2*-1;. The number of hydrogen-bond donors (Lipinski definition) is 0. The zero-order valence-corrected chi connectivity index (χ0v) is 35.8. The molecule has 0 N–H and O–H groups in total. The molecule has 9 aromatic rings. The van der Waals surface area contributed by atoms with Gasteiger partial charge in [-0.15, -0.1) is 48.0 Å². The Hall–Kier alpha value is -5.45. The molecule has 0 atom stereocenters. The van der Waals surface area contributed by atoms with E-state index in [-0.39, 0.29) is 20.1 Å². The Bertz CT molecular complexity index is 2730. The zero-order valence-electron chi connectivity index (χ0n) is 32.4. The van der Waals surface area contributed by atoms with Crippen LogP contribution in [0.3, 0.4) is 0 Å². The Kier molecular flexibility index (Phi) is 11.6. The molecular weight excluding hydrogens is 877 g/mol. The SMILES string of the molecule is CC(C)Cc1cc(-c2[c-]cc(-c3ccccc3)cc2)ncc1[Si](C)(C)C.[Ir].[c-]1ccc2c(oc3cc(-c4ccccc4)ccc32)c1-c1cc2ccccc2cn1. The van der Waals surface area contributed by atoms with Gasteiger partial charge >= 0.3 is 0 Å². The van der Waals surface area contributed by atoms with Crippen LogP contribution in [0.15, 0.2) is 162 Å². The number of aromatic nitrogens is 2. The summed E-state index contributed by atoms with van der Waals surface area (Å²) in [5.74, 6) is 0.643. The van der Waals surface area contributed by atoms with Crippen LogP contribution < -0.4 is 5.19 Å². The summed E-state index contributed by atoms with van der Waals surface area (Å²) in [6.45, 7) is 11.8. The van der Waals surface area contributed by atoms with Crippen molar-refractivity contribution in [1.29, 1.82) is 0 Å². The molecule has 0 fully saturated rings. The van der Waals surface area contributed by atoms with E-state index in [4.69, 9.17) is 9.40 Å². The third-order valence-corrected chi connectivity index (χ3v) is 12.1. The van der Waals surface area contributed by atoms with Crippen LogP contribution >= 0.6 is 0 Å². The molecule has 0 amide bonds. The van der Waals surface area contributed by atoms with Crippen LogP contribution in [-0.4, -0.2) is 18.0 Å². The molecule has 0 aliphatic heterocycles. The Labute approximate surface area is 344 Å². The molecule has 3 nitrogen and oxygen atoms in total. The molecule has 0 aliphatic rings. The number of pyridine rings is 2. The van der Waals surface area contributed by atoms with Gasteiger partial charge < -0.3 is 14.4 Å². The van der Waals surface area contributed by atoms with Gasteiger partial charge in [-0.1, -0.05) is 170 Å². The van der Waals surface area contributed by atoms with Gasteiger partial charge in [0.2, 0.25) is 0 Å². The molecule has 0 bridgehead atoms. The summed E-state index contributed by atoms with van der Waals surface area (Å²) in [6.07, 6.45) is 5.14. The fourth-order valence-electron chi connectivity index (χ4n) is 7.28. The van der Waals surface area contributed by atoms with E-state index in [9.17, 15) is 0 Å². The van der Waals surface area contributed by atoms with Gasteiger partial charge in [-0.05, 0) is 56.9 Å². The minimum Gasteiger partial charge on any atom is -0.501 e. The molecule has 3 heterocycles. The number of furan rings is 1. The quantitative estimate of drug-likeness (QED) is 0.118. The molecule has 56 heavy (non-hydrogen) atoms. The molecule has 3 aromatic heterocycles. The van der Waals surface area contributed by atoms with E-state index in [1.807, 2.05) is 36.5 Å². The van der Waals surface area contributed by atoms with E-state index in [1.54, 1.807) is 0 Å². The van der Waals surface area contributed by atoms with Crippen LogP contribution in [0.2, 0.25) is 19.6 Å². The molecule has 9 rings (SSSR count). The predicted molar refractivity (Wildman–Crippen MR) is 234 cm³/mol. The minimum atomic E-state index is -1.39. The molecule has 279 valence electrons. The fraction of sp³-hybridized carbons (Fsp3) is 0.137. The molecular formula is C51H44IrN2OSi-2. The summed E-state index contributed by atoms with van der Waals surface area (Å²) in [6, 6.07) is 57.0. The monoisotopic (exact) mass is 921 g/mol. The summed E-state index contributed by atoms with van der Waals surface area (Å²) in [5, 5.41) is 5.96. The summed E-state index contributed by atoms with van der Waals surface area (Å²) in [4.78, 5) is 9.46. The third kappa shape index (κ3) is 8.36. The van der Waals surface area contributed by atoms with Crippen LogP contribution in [0.5, 0.6) is 0 Å². The van der Waals surface area contributed by atoms with Crippen molar-refractivity contribution in [3.05, 3.63) is 176 Å². The third-order valence-electron chi connectivity index (χ3n) is 10.0. The second-order valence-electron chi connectivity index (χ2n) is 15.6. The second-order valence-corrected chi connectivity index (χ2v) is 20.7. The topological polar surface area (TPSA) is 38.9 Å². The largest absolute Gasteiger partial charge is 0.501 e. The van der Waals surface area contributed by atoms with Gasteiger partial charge in [0, 0.05) is 37.9 Å². The number of rotatable bonds is 7. The Morgan fingerprint density at radius 3 is 1.95 bits per heavy atom. The van der Waals surface area contributed by atoms with E-state index in [2.05, 4.69) is 172 Å². The van der Waals surface area contributed by atoms with Gasteiger partial charge in [-0.25, -0.2) is 0 Å². The van der Waals surface area contributed by atoms with Crippen molar-refractivity contribution in [3.63, 3.8) is 0 Å². The van der Waals surface area contributed by atoms with Crippen molar-refractivity contribution in [2.24, 2.45) is 5.92 Å². The molecule has 0 aliphatic carbocycles. The van der Waals surface area contributed by atoms with Crippen molar-refractivity contribution in [2.75, 3.05) is 0 Å². The number of fused-ring (bicyclic) bond motifs is 4. The molecule has 5 heteroatoms. The minimum absolute atomic E-state index is 0. The van der Waals surface area contributed by atoms with Crippen LogP contribution in [0.25, 0.3) is 77.5 Å². The first-order valence-electron chi connectivity index (χ1n) is 19.1. The summed E-state index contributed by atoms with van der Waals surface area (Å²) in [5.41, 5.74) is 11.8. The van der Waals surface area contributed by atoms with Crippen molar-refractivity contribution >= 4 is 46.0 Å². The molecule has 6 aromatic carbocycles. The first-order valence-corrected chi connectivity index (χ1v) is 22.6. The Morgan fingerprint density at radius 2 is 1.27 bits per heavy atom. The summed E-state index contributed by atoms with van der Waals surface area (Å²) >= 11 is 0. The number of nitrogens with zero attached hydrogens (tertiary/aromatic N) is 2. The second kappa shape index (κ2) is 16.7. The number of hydrogen-bond acceptors (Lipinski definition) is 3. The molecule has 0 unspecified atom stereocenters. The summed E-state index contributed by atoms with van der Waals surface area (Å²) < 4.78 is 6.34. The predicted octanol–water partition coefficient (Wildman–Crippen LogP) is 13.2. The fourth-order valence-corrected chi connectivity index (χ4v) is 8.87. The average molecular weight is 921 g/mol. The molecule has 0 saturated carbocycles. The first kappa shape index (κ1) is 38.8. The van der Waals surface area contributed by atoms with Gasteiger partial charge in [0.15, 0.2) is 0 Å². The molecule has 0 saturated heterocycles. The smallest absolute Gasteiger partial charge is 0.121 e. The van der Waals surface area contributed by atoms with Gasteiger partial charge in [-0.3, -0.25) is 0 Å². The normalized spacial score (nSPS) is 11.4. The summed E-state index contributed by atoms with van der Waals surface area (Å²) in [7, 11) is -1.39. The van der Waals surface area contributed by atoms with Crippen molar-refractivity contribution in [2.45, 2.75) is 39.9 Å². The van der Waals surface area contributed by atoms with E-state index >= 15 is 0 Å².